The van der Waals surface area contributed by atoms with Crippen molar-refractivity contribution in [2.24, 2.45) is 0 Å². The second-order valence-electron chi connectivity index (χ2n) is 4.78. The normalized spacial score (nSPS) is 13.7. The molecule has 2 N–H and O–H groups in total. The molecule has 1 aromatic heterocycles. The molecule has 20 heavy (non-hydrogen) atoms. The van der Waals surface area contributed by atoms with Gasteiger partial charge in [-0.2, -0.15) is 15.0 Å². The highest BCUT2D eigenvalue weighted by Crippen LogP contribution is 2.29. The van der Waals surface area contributed by atoms with E-state index in [0.717, 1.165) is 18.5 Å². The Bertz CT molecular complexity index is 629. The number of rotatable bonds is 3. The number of hydrogen-bond donors (Lipinski definition) is 2. The zero-order chi connectivity index (χ0) is 13.9. The van der Waals surface area contributed by atoms with Gasteiger partial charge in [0.1, 0.15) is 0 Å². The Kier molecular flexibility index (Phi) is 3.69. The van der Waals surface area contributed by atoms with E-state index in [1.807, 2.05) is 0 Å². The van der Waals surface area contributed by atoms with E-state index < -0.39 is 0 Å². The van der Waals surface area contributed by atoms with Crippen LogP contribution in [0, 0.1) is 0 Å². The lowest BCUT2D eigenvalue weighted by Gasteiger charge is -2.19. The number of nitrogens with zero attached hydrogens (tertiary/aromatic N) is 3. The first-order chi connectivity index (χ1) is 9.76. The third kappa shape index (κ3) is 2.67. The van der Waals surface area contributed by atoms with Crippen molar-refractivity contribution < 1.29 is 0 Å². The van der Waals surface area contributed by atoms with E-state index in [0.29, 0.717) is 11.9 Å². The third-order valence-corrected chi connectivity index (χ3v) is 3.64. The molecule has 1 heterocycles. The van der Waals surface area contributed by atoms with E-state index in [4.69, 9.17) is 11.6 Å². The molecule has 1 aromatic carbocycles. The average molecular weight is 290 g/mol. The van der Waals surface area contributed by atoms with Gasteiger partial charge < -0.3 is 10.6 Å². The first-order valence-corrected chi connectivity index (χ1v) is 7.11. The predicted molar refractivity (Wildman–Crippen MR) is 80.8 cm³/mol. The molecule has 3 rings (SSSR count). The standard InChI is InChI=1S/C14H16ClN5/c1-16-13-18-12(15)19-14(20-13)17-11-8-4-6-9-5-2-3-7-10(9)11/h4,6,8H,2-3,5,7H2,1H3,(H2,16,17,18,19,20). The number of fused-ring (bicyclic) bond motifs is 1. The van der Waals surface area contributed by atoms with Crippen LogP contribution in [0.1, 0.15) is 24.0 Å². The first kappa shape index (κ1) is 13.1. The van der Waals surface area contributed by atoms with Crippen molar-refractivity contribution in [3.63, 3.8) is 0 Å². The summed E-state index contributed by atoms with van der Waals surface area (Å²) >= 11 is 5.90. The molecular formula is C14H16ClN5. The Morgan fingerprint density at radius 3 is 2.70 bits per heavy atom. The molecule has 0 saturated heterocycles. The summed E-state index contributed by atoms with van der Waals surface area (Å²) in [6.07, 6.45) is 4.73. The quantitative estimate of drug-likeness (QED) is 0.908. The maximum Gasteiger partial charge on any atom is 0.233 e. The molecule has 0 fully saturated rings. The van der Waals surface area contributed by atoms with Crippen LogP contribution in [0.2, 0.25) is 5.28 Å². The maximum absolute atomic E-state index is 5.90. The summed E-state index contributed by atoms with van der Waals surface area (Å²) in [6, 6.07) is 6.31. The molecule has 0 unspecified atom stereocenters. The summed E-state index contributed by atoms with van der Waals surface area (Å²) < 4.78 is 0. The van der Waals surface area contributed by atoms with Crippen molar-refractivity contribution in [3.8, 4) is 0 Å². The van der Waals surface area contributed by atoms with Crippen molar-refractivity contribution >= 4 is 29.2 Å². The van der Waals surface area contributed by atoms with Crippen LogP contribution in [0.4, 0.5) is 17.6 Å². The first-order valence-electron chi connectivity index (χ1n) is 6.73. The van der Waals surface area contributed by atoms with E-state index in [9.17, 15) is 0 Å². The number of aryl methyl sites for hydroxylation is 1. The summed E-state index contributed by atoms with van der Waals surface area (Å²) in [5.41, 5.74) is 3.84. The number of anilines is 3. The molecule has 5 nitrogen and oxygen atoms in total. The van der Waals surface area contributed by atoms with Crippen LogP contribution in [0.15, 0.2) is 18.2 Å². The van der Waals surface area contributed by atoms with Crippen LogP contribution >= 0.6 is 11.6 Å². The molecule has 1 aliphatic rings. The van der Waals surface area contributed by atoms with E-state index in [2.05, 4.69) is 43.8 Å². The molecule has 0 amide bonds. The molecule has 2 aromatic rings. The van der Waals surface area contributed by atoms with Crippen LogP contribution in [0.3, 0.4) is 0 Å². The fourth-order valence-corrected chi connectivity index (χ4v) is 2.70. The maximum atomic E-state index is 5.90. The summed E-state index contributed by atoms with van der Waals surface area (Å²) in [5, 5.41) is 6.31. The molecule has 6 heteroatoms. The van der Waals surface area contributed by atoms with Crippen molar-refractivity contribution in [3.05, 3.63) is 34.6 Å². The van der Waals surface area contributed by atoms with Gasteiger partial charge in [-0.25, -0.2) is 0 Å². The largest absolute Gasteiger partial charge is 0.357 e. The molecular weight excluding hydrogens is 274 g/mol. The molecule has 104 valence electrons. The summed E-state index contributed by atoms with van der Waals surface area (Å²) in [7, 11) is 1.75. The smallest absolute Gasteiger partial charge is 0.233 e. The third-order valence-electron chi connectivity index (χ3n) is 3.47. The summed E-state index contributed by atoms with van der Waals surface area (Å²) in [4.78, 5) is 12.4. The minimum atomic E-state index is 0.177. The Labute approximate surface area is 122 Å². The van der Waals surface area contributed by atoms with Crippen LogP contribution in [-0.4, -0.2) is 22.0 Å². The second-order valence-corrected chi connectivity index (χ2v) is 5.12. The van der Waals surface area contributed by atoms with Gasteiger partial charge in [0.05, 0.1) is 0 Å². The van der Waals surface area contributed by atoms with Crippen LogP contribution in [0.25, 0.3) is 0 Å². The van der Waals surface area contributed by atoms with Gasteiger partial charge in [0.15, 0.2) is 0 Å². The van der Waals surface area contributed by atoms with Gasteiger partial charge in [0.2, 0.25) is 17.2 Å². The minimum Gasteiger partial charge on any atom is -0.357 e. The molecule has 0 bridgehead atoms. The number of aromatic nitrogens is 3. The average Bonchev–Trinajstić information content (AvgIpc) is 2.47. The summed E-state index contributed by atoms with van der Waals surface area (Å²) in [6.45, 7) is 0. The molecule has 0 saturated carbocycles. The number of halogens is 1. The highest BCUT2D eigenvalue weighted by Gasteiger charge is 2.14. The van der Waals surface area contributed by atoms with Crippen molar-refractivity contribution in [1.82, 2.24) is 15.0 Å². The van der Waals surface area contributed by atoms with Gasteiger partial charge in [-0.3, -0.25) is 0 Å². The van der Waals surface area contributed by atoms with Crippen molar-refractivity contribution in [2.45, 2.75) is 25.7 Å². The lowest BCUT2D eigenvalue weighted by Crippen LogP contribution is -2.08. The second kappa shape index (κ2) is 5.63. The zero-order valence-corrected chi connectivity index (χ0v) is 12.0. The molecule has 0 radical (unpaired) electrons. The van der Waals surface area contributed by atoms with Gasteiger partial charge in [0, 0.05) is 12.7 Å². The zero-order valence-electron chi connectivity index (χ0n) is 11.3. The van der Waals surface area contributed by atoms with E-state index in [1.165, 1.54) is 24.0 Å². The topological polar surface area (TPSA) is 62.7 Å². The van der Waals surface area contributed by atoms with E-state index in [1.54, 1.807) is 7.05 Å². The van der Waals surface area contributed by atoms with Gasteiger partial charge in [0.25, 0.3) is 0 Å². The van der Waals surface area contributed by atoms with E-state index >= 15 is 0 Å². The Hall–Kier alpha value is -1.88. The van der Waals surface area contributed by atoms with Crippen LogP contribution in [0.5, 0.6) is 0 Å². The molecule has 0 spiro atoms. The van der Waals surface area contributed by atoms with Crippen LogP contribution < -0.4 is 10.6 Å². The monoisotopic (exact) mass is 289 g/mol. The Morgan fingerprint density at radius 2 is 1.85 bits per heavy atom. The number of hydrogen-bond acceptors (Lipinski definition) is 5. The van der Waals surface area contributed by atoms with Crippen molar-refractivity contribution in [1.29, 1.82) is 0 Å². The van der Waals surface area contributed by atoms with E-state index in [-0.39, 0.29) is 5.28 Å². The lowest BCUT2D eigenvalue weighted by molar-refractivity contribution is 0.687. The Balaban J connectivity index is 1.93. The lowest BCUT2D eigenvalue weighted by atomic mass is 9.90. The molecule has 0 atom stereocenters. The minimum absolute atomic E-state index is 0.177. The van der Waals surface area contributed by atoms with Gasteiger partial charge in [-0.1, -0.05) is 12.1 Å². The Morgan fingerprint density at radius 1 is 1.05 bits per heavy atom. The van der Waals surface area contributed by atoms with Gasteiger partial charge in [-0.15, -0.1) is 0 Å². The molecule has 1 aliphatic carbocycles. The van der Waals surface area contributed by atoms with Crippen LogP contribution in [-0.2, 0) is 12.8 Å². The highest BCUT2D eigenvalue weighted by atomic mass is 35.5. The molecule has 0 aliphatic heterocycles. The fourth-order valence-electron chi connectivity index (χ4n) is 2.54. The number of benzene rings is 1. The predicted octanol–water partition coefficient (Wildman–Crippen LogP) is 3.19. The van der Waals surface area contributed by atoms with Gasteiger partial charge in [-0.05, 0) is 54.5 Å². The summed E-state index contributed by atoms with van der Waals surface area (Å²) in [5.74, 6) is 0.922. The number of nitrogens with one attached hydrogen (secondary N) is 2. The highest BCUT2D eigenvalue weighted by molar-refractivity contribution is 6.28. The van der Waals surface area contributed by atoms with Crippen molar-refractivity contribution in [2.75, 3.05) is 17.7 Å². The SMILES string of the molecule is CNc1nc(Cl)nc(Nc2cccc3c2CCCC3)n1. The fraction of sp³-hybridized carbons (Fsp3) is 0.357. The van der Waals surface area contributed by atoms with Gasteiger partial charge >= 0.3 is 0 Å².